The molecule has 4 rings (SSSR count). The Balaban J connectivity index is 1.76. The second kappa shape index (κ2) is 11.5. The third kappa shape index (κ3) is 5.16. The molecule has 0 bridgehead atoms. The number of ketones is 1. The molecular formula is C30H33NO7. The first kappa shape index (κ1) is 27.0. The second-order valence-electron chi connectivity index (χ2n) is 9.38. The number of carbonyl (C=O) groups is 3. The molecule has 2 aromatic carbocycles. The minimum absolute atomic E-state index is 0.0473. The maximum Gasteiger partial charge on any atom is 0.337 e. The van der Waals surface area contributed by atoms with Gasteiger partial charge in [-0.1, -0.05) is 25.1 Å². The van der Waals surface area contributed by atoms with Gasteiger partial charge in [-0.15, -0.1) is 0 Å². The highest BCUT2D eigenvalue weighted by atomic mass is 16.5. The molecule has 0 saturated heterocycles. The highest BCUT2D eigenvalue weighted by Gasteiger charge is 2.41. The maximum atomic E-state index is 13.8. The van der Waals surface area contributed by atoms with Gasteiger partial charge in [0.2, 0.25) is 0 Å². The molecule has 2 atom stereocenters. The van der Waals surface area contributed by atoms with E-state index in [9.17, 15) is 14.4 Å². The predicted octanol–water partition coefficient (Wildman–Crippen LogP) is 4.81. The quantitative estimate of drug-likeness (QED) is 0.496. The summed E-state index contributed by atoms with van der Waals surface area (Å²) in [4.78, 5) is 39.0. The minimum atomic E-state index is -0.610. The van der Waals surface area contributed by atoms with Crippen LogP contribution < -0.4 is 14.8 Å². The van der Waals surface area contributed by atoms with E-state index in [1.807, 2.05) is 32.0 Å². The molecule has 2 aromatic rings. The van der Waals surface area contributed by atoms with Crippen molar-refractivity contribution in [2.45, 2.75) is 44.9 Å². The maximum absolute atomic E-state index is 13.8. The van der Waals surface area contributed by atoms with Crippen molar-refractivity contribution in [1.29, 1.82) is 0 Å². The summed E-state index contributed by atoms with van der Waals surface area (Å²) >= 11 is 0. The van der Waals surface area contributed by atoms with E-state index in [2.05, 4.69) is 5.32 Å². The van der Waals surface area contributed by atoms with E-state index >= 15 is 0 Å². The van der Waals surface area contributed by atoms with Crippen LogP contribution in [0.5, 0.6) is 11.5 Å². The van der Waals surface area contributed by atoms with E-state index in [0.717, 1.165) is 16.8 Å². The summed E-state index contributed by atoms with van der Waals surface area (Å²) in [5.41, 5.74) is 4.48. The molecule has 0 aromatic heterocycles. The molecule has 8 heteroatoms. The first-order chi connectivity index (χ1) is 18.3. The predicted molar refractivity (Wildman–Crippen MR) is 141 cm³/mol. The average molecular weight is 520 g/mol. The molecule has 1 N–H and O–H groups in total. The Kier molecular flexibility index (Phi) is 8.20. The van der Waals surface area contributed by atoms with Crippen molar-refractivity contribution in [3.05, 3.63) is 81.7 Å². The van der Waals surface area contributed by atoms with Gasteiger partial charge in [0.1, 0.15) is 0 Å². The zero-order valence-electron chi connectivity index (χ0n) is 22.4. The number of esters is 2. The Hall–Kier alpha value is -4.07. The molecule has 2 aliphatic rings. The molecule has 0 spiro atoms. The fourth-order valence-corrected chi connectivity index (χ4v) is 5.19. The van der Waals surface area contributed by atoms with E-state index in [-0.39, 0.29) is 24.7 Å². The Morgan fingerprint density at radius 3 is 2.24 bits per heavy atom. The van der Waals surface area contributed by atoms with Gasteiger partial charge in [0.25, 0.3) is 0 Å². The molecule has 0 saturated carbocycles. The summed E-state index contributed by atoms with van der Waals surface area (Å²) < 4.78 is 21.2. The lowest BCUT2D eigenvalue weighted by molar-refractivity contribution is -0.139. The van der Waals surface area contributed by atoms with E-state index in [1.165, 1.54) is 7.11 Å². The third-order valence-corrected chi connectivity index (χ3v) is 7.03. The number of benzene rings is 2. The first-order valence-corrected chi connectivity index (χ1v) is 12.6. The molecule has 1 aliphatic carbocycles. The Morgan fingerprint density at radius 1 is 0.921 bits per heavy atom. The van der Waals surface area contributed by atoms with Crippen LogP contribution in [0.2, 0.25) is 0 Å². The molecule has 38 heavy (non-hydrogen) atoms. The van der Waals surface area contributed by atoms with Crippen molar-refractivity contribution in [3.8, 4) is 11.5 Å². The van der Waals surface area contributed by atoms with Gasteiger partial charge in [0, 0.05) is 29.3 Å². The summed E-state index contributed by atoms with van der Waals surface area (Å²) in [5, 5.41) is 3.35. The van der Waals surface area contributed by atoms with E-state index in [0.29, 0.717) is 46.7 Å². The van der Waals surface area contributed by atoms with Crippen LogP contribution in [-0.2, 0) is 19.1 Å². The molecule has 1 heterocycles. The van der Waals surface area contributed by atoms with Crippen LogP contribution in [0.15, 0.2) is 65.0 Å². The zero-order valence-corrected chi connectivity index (χ0v) is 22.4. The van der Waals surface area contributed by atoms with Crippen LogP contribution in [0.1, 0.15) is 66.4 Å². The van der Waals surface area contributed by atoms with E-state index in [4.69, 9.17) is 18.9 Å². The van der Waals surface area contributed by atoms with Crippen LogP contribution in [-0.4, -0.2) is 45.7 Å². The average Bonchev–Trinajstić information content (AvgIpc) is 2.94. The van der Waals surface area contributed by atoms with Gasteiger partial charge >= 0.3 is 11.9 Å². The number of rotatable bonds is 8. The summed E-state index contributed by atoms with van der Waals surface area (Å²) in [6.45, 7) is 4.04. The Morgan fingerprint density at radius 2 is 1.61 bits per heavy atom. The second-order valence-corrected chi connectivity index (χ2v) is 9.38. The Bertz CT molecular complexity index is 1310. The van der Waals surface area contributed by atoms with Crippen molar-refractivity contribution < 1.29 is 33.3 Å². The minimum Gasteiger partial charge on any atom is -0.493 e. The number of ether oxygens (including phenoxy) is 4. The number of dihydropyridines is 1. The fraction of sp³-hybridized carbons (Fsp3) is 0.367. The van der Waals surface area contributed by atoms with Gasteiger partial charge < -0.3 is 24.3 Å². The summed E-state index contributed by atoms with van der Waals surface area (Å²) in [7, 11) is 4.49. The van der Waals surface area contributed by atoms with Crippen LogP contribution >= 0.6 is 0 Å². The molecule has 0 unspecified atom stereocenters. The highest BCUT2D eigenvalue weighted by Crippen LogP contribution is 2.46. The number of hydrogen-bond donors (Lipinski definition) is 1. The summed E-state index contributed by atoms with van der Waals surface area (Å²) in [6, 6.07) is 12.5. The van der Waals surface area contributed by atoms with Crippen LogP contribution in [0.25, 0.3) is 0 Å². The van der Waals surface area contributed by atoms with Gasteiger partial charge in [0.15, 0.2) is 17.3 Å². The summed E-state index contributed by atoms with van der Waals surface area (Å²) in [5.74, 6) is -0.414. The van der Waals surface area contributed by atoms with Crippen LogP contribution in [0, 0.1) is 0 Å². The Labute approximate surface area is 222 Å². The van der Waals surface area contributed by atoms with Crippen LogP contribution in [0.4, 0.5) is 0 Å². The number of allylic oxidation sites excluding steroid dienone is 3. The van der Waals surface area contributed by atoms with Crippen molar-refractivity contribution in [1.82, 2.24) is 5.32 Å². The van der Waals surface area contributed by atoms with Gasteiger partial charge in [-0.3, -0.25) is 4.79 Å². The normalized spacial score (nSPS) is 18.9. The summed E-state index contributed by atoms with van der Waals surface area (Å²) in [6.07, 6.45) is 1.55. The first-order valence-electron chi connectivity index (χ1n) is 12.6. The highest BCUT2D eigenvalue weighted by molar-refractivity contribution is 6.04. The van der Waals surface area contributed by atoms with Gasteiger partial charge in [-0.2, -0.15) is 0 Å². The van der Waals surface area contributed by atoms with E-state index < -0.39 is 17.9 Å². The SMILES string of the molecule is CCCOC(=O)C1=C(C)NC2=C(C(=O)C[C@H](c3ccc(OC)c(OC)c3)C2)[C@@H]1c1ccc(C(=O)OC)cc1. The number of nitrogens with one attached hydrogen (secondary N) is 1. The lowest BCUT2D eigenvalue weighted by atomic mass is 9.71. The van der Waals surface area contributed by atoms with E-state index in [1.54, 1.807) is 38.5 Å². The molecule has 200 valence electrons. The fourth-order valence-electron chi connectivity index (χ4n) is 5.19. The molecule has 0 amide bonds. The van der Waals surface area contributed by atoms with Crippen molar-refractivity contribution in [2.75, 3.05) is 27.9 Å². The molecule has 0 radical (unpaired) electrons. The molecule has 1 aliphatic heterocycles. The van der Waals surface area contributed by atoms with Crippen molar-refractivity contribution in [3.63, 3.8) is 0 Å². The van der Waals surface area contributed by atoms with Crippen molar-refractivity contribution in [2.24, 2.45) is 0 Å². The van der Waals surface area contributed by atoms with Gasteiger partial charge in [-0.05, 0) is 61.1 Å². The zero-order chi connectivity index (χ0) is 27.4. The molecule has 8 nitrogen and oxygen atoms in total. The number of Topliss-reactive ketones (excluding diaryl/α,β-unsaturated/α-hetero) is 1. The third-order valence-electron chi connectivity index (χ3n) is 7.03. The number of carbonyl (C=O) groups excluding carboxylic acids is 3. The lowest BCUT2D eigenvalue weighted by Gasteiger charge is -2.36. The van der Waals surface area contributed by atoms with Gasteiger partial charge in [-0.25, -0.2) is 9.59 Å². The monoisotopic (exact) mass is 519 g/mol. The molecule has 0 fully saturated rings. The topological polar surface area (TPSA) is 100 Å². The van der Waals surface area contributed by atoms with Crippen molar-refractivity contribution >= 4 is 17.7 Å². The smallest absolute Gasteiger partial charge is 0.337 e. The number of hydrogen-bond acceptors (Lipinski definition) is 8. The number of methoxy groups -OCH3 is 3. The van der Waals surface area contributed by atoms with Crippen LogP contribution in [0.3, 0.4) is 0 Å². The molecular weight excluding hydrogens is 486 g/mol. The van der Waals surface area contributed by atoms with Gasteiger partial charge in [0.05, 0.1) is 39.1 Å². The largest absolute Gasteiger partial charge is 0.493 e. The standard InChI is InChI=1S/C30H33NO7/c1-6-13-38-30(34)26-17(2)31-22-14-21(20-11-12-24(35-3)25(16-20)36-4)15-23(32)28(22)27(26)18-7-9-19(10-8-18)29(33)37-5/h7-12,16,21,27,31H,6,13-15H2,1-5H3/t21-,27-/m1/s1. The lowest BCUT2D eigenvalue weighted by Crippen LogP contribution is -2.36.